The molecule has 0 aliphatic heterocycles. The molecule has 2 aromatic carbocycles. The van der Waals surface area contributed by atoms with Crippen LogP contribution in [0.5, 0.6) is 5.75 Å². The Morgan fingerprint density at radius 3 is 2.31 bits per heavy atom. The zero-order valence-corrected chi connectivity index (χ0v) is 21.1. The van der Waals surface area contributed by atoms with Crippen LogP contribution in [0.25, 0.3) is 11.1 Å². The van der Waals surface area contributed by atoms with Crippen molar-refractivity contribution in [2.45, 2.75) is 47.3 Å². The number of thiophene rings is 1. The van der Waals surface area contributed by atoms with Crippen LogP contribution in [0.4, 0.5) is 0 Å². The van der Waals surface area contributed by atoms with E-state index in [0.29, 0.717) is 9.96 Å². The van der Waals surface area contributed by atoms with Gasteiger partial charge in [-0.3, -0.25) is 0 Å². The molecule has 170 valence electrons. The number of esters is 1. The van der Waals surface area contributed by atoms with E-state index in [-0.39, 0.29) is 21.3 Å². The number of thioether (sulfide) groups is 1. The third-order valence-electron chi connectivity index (χ3n) is 4.34. The van der Waals surface area contributed by atoms with Gasteiger partial charge in [0, 0.05) is 0 Å². The Morgan fingerprint density at radius 2 is 1.72 bits per heavy atom. The van der Waals surface area contributed by atoms with Crippen LogP contribution in [0.3, 0.4) is 0 Å². The number of rotatable bonds is 7. The minimum absolute atomic E-state index is 0.102. The number of sulfone groups is 1. The van der Waals surface area contributed by atoms with E-state index in [1.54, 1.807) is 25.3 Å². The molecule has 1 heterocycles. The van der Waals surface area contributed by atoms with E-state index >= 15 is 0 Å². The monoisotopic (exact) mass is 490 g/mol. The van der Waals surface area contributed by atoms with Crippen LogP contribution in [0.1, 0.15) is 37.4 Å². The van der Waals surface area contributed by atoms with E-state index in [1.165, 1.54) is 17.8 Å². The van der Waals surface area contributed by atoms with Gasteiger partial charge in [-0.15, -0.1) is 23.1 Å². The first-order chi connectivity index (χ1) is 15.0. The Hall–Kier alpha value is -2.29. The molecule has 0 atom stereocenters. The van der Waals surface area contributed by atoms with Crippen LogP contribution >= 0.6 is 23.1 Å². The minimum Gasteiger partial charge on any atom is -0.488 e. The zero-order valence-electron chi connectivity index (χ0n) is 18.7. The molecule has 0 aliphatic carbocycles. The van der Waals surface area contributed by atoms with E-state index in [9.17, 15) is 13.2 Å². The lowest BCUT2D eigenvalue weighted by Crippen LogP contribution is -2.23. The van der Waals surface area contributed by atoms with Gasteiger partial charge in [0.15, 0.2) is 0 Å². The number of hydrogen-bond donors (Lipinski definition) is 0. The van der Waals surface area contributed by atoms with Crippen molar-refractivity contribution in [3.63, 3.8) is 0 Å². The Bertz CT molecular complexity index is 1210. The summed E-state index contributed by atoms with van der Waals surface area (Å²) < 4.78 is 39.0. The molecule has 0 aliphatic rings. The lowest BCUT2D eigenvalue weighted by atomic mass is 10.1. The molecule has 3 rings (SSSR count). The molecule has 0 unspecified atom stereocenters. The summed E-state index contributed by atoms with van der Waals surface area (Å²) in [5.41, 5.74) is 1.11. The van der Waals surface area contributed by atoms with Crippen molar-refractivity contribution in [3.05, 3.63) is 59.5 Å². The van der Waals surface area contributed by atoms with Crippen molar-refractivity contribution < 1.29 is 22.7 Å². The molecule has 32 heavy (non-hydrogen) atoms. The molecule has 0 spiro atoms. The average Bonchev–Trinajstić information content (AvgIpc) is 3.19. The topological polar surface area (TPSA) is 69.7 Å². The second kappa shape index (κ2) is 9.68. The Balaban J connectivity index is 2.17. The highest BCUT2D eigenvalue weighted by molar-refractivity contribution is 8.01. The van der Waals surface area contributed by atoms with E-state index in [2.05, 4.69) is 0 Å². The summed E-state index contributed by atoms with van der Waals surface area (Å²) in [4.78, 5) is 12.7. The number of hydrogen-bond acceptors (Lipinski definition) is 7. The SMILES string of the molecule is CCOC(=O)c1cc(S(=O)(=O)c2cc(OC(C)(C)C)cc(-c3ccccc3)c2)c(SC)s1. The smallest absolute Gasteiger partial charge is 0.348 e. The first-order valence-electron chi connectivity index (χ1n) is 10.0. The fraction of sp³-hybridized carbons (Fsp3) is 0.292. The molecule has 1 aromatic heterocycles. The minimum atomic E-state index is -3.92. The van der Waals surface area contributed by atoms with Crippen LogP contribution in [0.15, 0.2) is 68.6 Å². The van der Waals surface area contributed by atoms with Crippen LogP contribution in [0, 0.1) is 0 Å². The van der Waals surface area contributed by atoms with Gasteiger partial charge < -0.3 is 9.47 Å². The number of carbonyl (C=O) groups is 1. The predicted octanol–water partition coefficient (Wildman–Crippen LogP) is 6.32. The molecule has 0 radical (unpaired) electrons. The third-order valence-corrected chi connectivity index (χ3v) is 8.61. The van der Waals surface area contributed by atoms with Gasteiger partial charge in [0.1, 0.15) is 16.2 Å². The Morgan fingerprint density at radius 1 is 1.03 bits per heavy atom. The summed E-state index contributed by atoms with van der Waals surface area (Å²) in [5.74, 6) is -0.0620. The van der Waals surface area contributed by atoms with Crippen LogP contribution < -0.4 is 4.74 Å². The molecule has 8 heteroatoms. The van der Waals surface area contributed by atoms with Gasteiger partial charge >= 0.3 is 5.97 Å². The van der Waals surface area contributed by atoms with Crippen LogP contribution in [-0.2, 0) is 14.6 Å². The van der Waals surface area contributed by atoms with Crippen molar-refractivity contribution in [1.82, 2.24) is 0 Å². The number of benzene rings is 2. The Labute approximate surface area is 197 Å². The van der Waals surface area contributed by atoms with Gasteiger partial charge in [-0.2, -0.15) is 0 Å². The first-order valence-corrected chi connectivity index (χ1v) is 13.6. The molecule has 0 fully saturated rings. The highest BCUT2D eigenvalue weighted by Crippen LogP contribution is 2.39. The molecule has 0 N–H and O–H groups in total. The highest BCUT2D eigenvalue weighted by atomic mass is 32.2. The van der Waals surface area contributed by atoms with E-state index in [0.717, 1.165) is 22.5 Å². The summed E-state index contributed by atoms with van der Waals surface area (Å²) in [5, 5.41) is 0. The van der Waals surface area contributed by atoms with Crippen molar-refractivity contribution >= 4 is 38.9 Å². The molecule has 0 amide bonds. The molecule has 0 saturated heterocycles. The average molecular weight is 491 g/mol. The van der Waals surface area contributed by atoms with Crippen molar-refractivity contribution in [3.8, 4) is 16.9 Å². The summed E-state index contributed by atoms with van der Waals surface area (Å²) in [6.45, 7) is 7.66. The summed E-state index contributed by atoms with van der Waals surface area (Å²) in [6, 6.07) is 16.0. The maximum atomic E-state index is 13.7. The van der Waals surface area contributed by atoms with Gasteiger partial charge in [-0.05, 0) is 69.3 Å². The van der Waals surface area contributed by atoms with Gasteiger partial charge in [-0.1, -0.05) is 30.3 Å². The molecule has 5 nitrogen and oxygen atoms in total. The van der Waals surface area contributed by atoms with Crippen molar-refractivity contribution in [2.75, 3.05) is 12.9 Å². The van der Waals surface area contributed by atoms with Crippen molar-refractivity contribution in [2.24, 2.45) is 0 Å². The quantitative estimate of drug-likeness (QED) is 0.285. The number of ether oxygens (including phenoxy) is 2. The molecular formula is C24H26O5S3. The fourth-order valence-corrected chi connectivity index (χ4v) is 7.00. The fourth-order valence-electron chi connectivity index (χ4n) is 3.05. The molecule has 3 aromatic rings. The molecule has 0 saturated carbocycles. The second-order valence-corrected chi connectivity index (χ2v) is 12.0. The van der Waals surface area contributed by atoms with E-state index in [4.69, 9.17) is 9.47 Å². The summed E-state index contributed by atoms with van der Waals surface area (Å²) >= 11 is 2.41. The Kier molecular flexibility index (Phi) is 7.37. The zero-order chi connectivity index (χ0) is 23.5. The van der Waals surface area contributed by atoms with Gasteiger partial charge in [0.2, 0.25) is 9.84 Å². The predicted molar refractivity (Wildman–Crippen MR) is 130 cm³/mol. The maximum Gasteiger partial charge on any atom is 0.348 e. The van der Waals surface area contributed by atoms with E-state index in [1.807, 2.05) is 57.2 Å². The summed E-state index contributed by atoms with van der Waals surface area (Å²) in [7, 11) is -3.92. The largest absolute Gasteiger partial charge is 0.488 e. The standard InChI is InChI=1S/C24H26O5S3/c1-6-28-22(25)20-15-21(23(30-5)31-20)32(26,27)19-13-17(16-10-8-7-9-11-16)12-18(14-19)29-24(2,3)4/h7-15H,6H2,1-5H3. The van der Waals surface area contributed by atoms with Gasteiger partial charge in [0.05, 0.1) is 20.6 Å². The maximum absolute atomic E-state index is 13.7. The van der Waals surface area contributed by atoms with Crippen LogP contribution in [0.2, 0.25) is 0 Å². The molecular weight excluding hydrogens is 464 g/mol. The summed E-state index contributed by atoms with van der Waals surface area (Å²) in [6.07, 6.45) is 1.79. The van der Waals surface area contributed by atoms with Crippen molar-refractivity contribution in [1.29, 1.82) is 0 Å². The van der Waals surface area contributed by atoms with Gasteiger partial charge in [0.25, 0.3) is 0 Å². The molecule has 0 bridgehead atoms. The van der Waals surface area contributed by atoms with Crippen LogP contribution in [-0.4, -0.2) is 32.9 Å². The first kappa shape index (κ1) is 24.4. The number of carbonyl (C=O) groups excluding carboxylic acids is 1. The lowest BCUT2D eigenvalue weighted by molar-refractivity contribution is 0.0532. The second-order valence-electron chi connectivity index (χ2n) is 7.96. The normalized spacial score (nSPS) is 11.9. The third kappa shape index (κ3) is 5.54. The van der Waals surface area contributed by atoms with E-state index < -0.39 is 21.4 Å². The van der Waals surface area contributed by atoms with Gasteiger partial charge in [-0.25, -0.2) is 13.2 Å². The lowest BCUT2D eigenvalue weighted by Gasteiger charge is -2.22. The highest BCUT2D eigenvalue weighted by Gasteiger charge is 2.28.